The van der Waals surface area contributed by atoms with Crippen LogP contribution in [-0.4, -0.2) is 46.7 Å². The zero-order chi connectivity index (χ0) is 15.5. The third kappa shape index (κ3) is 8.47. The van der Waals surface area contributed by atoms with Crippen LogP contribution in [0.3, 0.4) is 0 Å². The fourth-order valence-corrected chi connectivity index (χ4v) is 1.61. The molecule has 0 aliphatic carbocycles. The lowest BCUT2D eigenvalue weighted by Crippen LogP contribution is -2.49. The Hall–Kier alpha value is -1.63. The van der Waals surface area contributed by atoms with E-state index in [0.717, 1.165) is 19.3 Å². The molecule has 0 aliphatic heterocycles. The Bertz CT molecular complexity index is 333. The van der Waals surface area contributed by atoms with Gasteiger partial charge in [-0.2, -0.15) is 0 Å². The Kier molecular flexibility index (Phi) is 9.36. The molecule has 0 rings (SSSR count). The van der Waals surface area contributed by atoms with Gasteiger partial charge in [-0.1, -0.05) is 19.8 Å². The first kappa shape index (κ1) is 18.4. The SMILES string of the molecule is CCCCCN[C@@H](C)C(=O)N[C@H](CCC(=O)O)C(=O)O. The van der Waals surface area contributed by atoms with Crippen molar-refractivity contribution in [2.45, 2.75) is 58.0 Å². The maximum Gasteiger partial charge on any atom is 0.326 e. The third-order valence-electron chi connectivity index (χ3n) is 2.89. The second-order valence-electron chi connectivity index (χ2n) is 4.71. The lowest BCUT2D eigenvalue weighted by molar-refractivity contribution is -0.143. The molecule has 0 saturated heterocycles. The minimum Gasteiger partial charge on any atom is -0.481 e. The summed E-state index contributed by atoms with van der Waals surface area (Å²) in [5.41, 5.74) is 0. The van der Waals surface area contributed by atoms with Gasteiger partial charge >= 0.3 is 11.9 Å². The van der Waals surface area contributed by atoms with Gasteiger partial charge in [-0.3, -0.25) is 9.59 Å². The van der Waals surface area contributed by atoms with Gasteiger partial charge in [0.1, 0.15) is 6.04 Å². The lowest BCUT2D eigenvalue weighted by Gasteiger charge is -2.18. The average molecular weight is 288 g/mol. The second kappa shape index (κ2) is 10.2. The van der Waals surface area contributed by atoms with Gasteiger partial charge in [0.25, 0.3) is 0 Å². The fourth-order valence-electron chi connectivity index (χ4n) is 1.61. The molecule has 0 saturated carbocycles. The second-order valence-corrected chi connectivity index (χ2v) is 4.71. The summed E-state index contributed by atoms with van der Waals surface area (Å²) in [6.07, 6.45) is 2.68. The van der Waals surface area contributed by atoms with E-state index in [1.807, 2.05) is 0 Å². The van der Waals surface area contributed by atoms with Crippen LogP contribution in [0.5, 0.6) is 0 Å². The zero-order valence-electron chi connectivity index (χ0n) is 12.0. The number of carbonyl (C=O) groups is 3. The normalized spacial score (nSPS) is 13.5. The number of hydrogen-bond donors (Lipinski definition) is 4. The number of carboxylic acids is 2. The Labute approximate surface area is 118 Å². The van der Waals surface area contributed by atoms with Crippen LogP contribution in [0.15, 0.2) is 0 Å². The fraction of sp³-hybridized carbons (Fsp3) is 0.769. The van der Waals surface area contributed by atoms with Crippen molar-refractivity contribution in [2.75, 3.05) is 6.54 Å². The summed E-state index contributed by atoms with van der Waals surface area (Å²) >= 11 is 0. The van der Waals surface area contributed by atoms with E-state index in [4.69, 9.17) is 10.2 Å². The minimum atomic E-state index is -1.22. The Morgan fingerprint density at radius 3 is 2.30 bits per heavy atom. The molecule has 7 nitrogen and oxygen atoms in total. The van der Waals surface area contributed by atoms with E-state index in [1.54, 1.807) is 6.92 Å². The number of unbranched alkanes of at least 4 members (excludes halogenated alkanes) is 2. The van der Waals surface area contributed by atoms with Gasteiger partial charge in [0.15, 0.2) is 0 Å². The summed E-state index contributed by atoms with van der Waals surface area (Å²) < 4.78 is 0. The van der Waals surface area contributed by atoms with Gasteiger partial charge in [0.05, 0.1) is 6.04 Å². The Morgan fingerprint density at radius 1 is 1.15 bits per heavy atom. The van der Waals surface area contributed by atoms with Gasteiger partial charge in [0, 0.05) is 6.42 Å². The molecule has 0 radical (unpaired) electrons. The quantitative estimate of drug-likeness (QED) is 0.413. The number of carboxylic acid groups (broad SMARTS) is 2. The molecule has 4 N–H and O–H groups in total. The highest BCUT2D eigenvalue weighted by molar-refractivity contribution is 5.86. The van der Waals surface area contributed by atoms with Gasteiger partial charge in [-0.05, 0) is 26.3 Å². The van der Waals surface area contributed by atoms with Crippen molar-refractivity contribution in [3.05, 3.63) is 0 Å². The highest BCUT2D eigenvalue weighted by Gasteiger charge is 2.23. The van der Waals surface area contributed by atoms with Crippen molar-refractivity contribution < 1.29 is 24.6 Å². The third-order valence-corrected chi connectivity index (χ3v) is 2.89. The maximum atomic E-state index is 11.8. The van der Waals surface area contributed by atoms with E-state index < -0.39 is 29.9 Å². The van der Waals surface area contributed by atoms with E-state index in [2.05, 4.69) is 17.6 Å². The van der Waals surface area contributed by atoms with Crippen LogP contribution in [0.1, 0.15) is 46.0 Å². The largest absolute Gasteiger partial charge is 0.481 e. The number of hydrogen-bond acceptors (Lipinski definition) is 4. The molecule has 7 heteroatoms. The number of aliphatic carboxylic acids is 2. The number of nitrogens with one attached hydrogen (secondary N) is 2. The zero-order valence-corrected chi connectivity index (χ0v) is 12.0. The van der Waals surface area contributed by atoms with Crippen molar-refractivity contribution in [2.24, 2.45) is 0 Å². The van der Waals surface area contributed by atoms with Gasteiger partial charge in [-0.25, -0.2) is 4.79 Å². The van der Waals surface area contributed by atoms with E-state index >= 15 is 0 Å². The monoisotopic (exact) mass is 288 g/mol. The van der Waals surface area contributed by atoms with Crippen LogP contribution < -0.4 is 10.6 Å². The molecule has 20 heavy (non-hydrogen) atoms. The van der Waals surface area contributed by atoms with Crippen LogP contribution in [0.2, 0.25) is 0 Å². The van der Waals surface area contributed by atoms with Crippen molar-refractivity contribution in [1.29, 1.82) is 0 Å². The minimum absolute atomic E-state index is 0.126. The molecular formula is C13H24N2O5. The average Bonchev–Trinajstić information content (AvgIpc) is 2.38. The number of amides is 1. The molecule has 0 aliphatic rings. The maximum absolute atomic E-state index is 11.8. The number of rotatable bonds is 11. The molecule has 0 heterocycles. The molecule has 0 aromatic carbocycles. The van der Waals surface area contributed by atoms with E-state index in [9.17, 15) is 14.4 Å². The van der Waals surface area contributed by atoms with Crippen LogP contribution >= 0.6 is 0 Å². The molecule has 0 unspecified atom stereocenters. The Morgan fingerprint density at radius 2 is 1.80 bits per heavy atom. The molecule has 0 fully saturated rings. The van der Waals surface area contributed by atoms with Gasteiger partial charge in [0.2, 0.25) is 5.91 Å². The molecule has 0 aromatic rings. The van der Waals surface area contributed by atoms with Crippen molar-refractivity contribution in [3.63, 3.8) is 0 Å². The van der Waals surface area contributed by atoms with Crippen LogP contribution in [0.25, 0.3) is 0 Å². The predicted octanol–water partition coefficient (Wildman–Crippen LogP) is 0.589. The first-order valence-corrected chi connectivity index (χ1v) is 6.86. The van der Waals surface area contributed by atoms with Crippen molar-refractivity contribution in [3.8, 4) is 0 Å². The molecule has 0 spiro atoms. The summed E-state index contributed by atoms with van der Waals surface area (Å²) in [6.45, 7) is 4.42. The van der Waals surface area contributed by atoms with E-state index in [0.29, 0.717) is 6.54 Å². The smallest absolute Gasteiger partial charge is 0.326 e. The summed E-state index contributed by atoms with van der Waals surface area (Å²) in [5.74, 6) is -2.74. The molecule has 0 bridgehead atoms. The van der Waals surface area contributed by atoms with E-state index in [-0.39, 0.29) is 12.8 Å². The van der Waals surface area contributed by atoms with E-state index in [1.165, 1.54) is 0 Å². The number of carbonyl (C=O) groups excluding carboxylic acids is 1. The molecule has 0 aromatic heterocycles. The van der Waals surface area contributed by atoms with Crippen LogP contribution in [-0.2, 0) is 14.4 Å². The first-order valence-electron chi connectivity index (χ1n) is 6.86. The molecule has 2 atom stereocenters. The molecule has 1 amide bonds. The summed E-state index contributed by atoms with van der Waals surface area (Å²) in [4.78, 5) is 33.2. The lowest BCUT2D eigenvalue weighted by atomic mass is 10.1. The highest BCUT2D eigenvalue weighted by atomic mass is 16.4. The molecular weight excluding hydrogens is 264 g/mol. The standard InChI is InChI=1S/C13H24N2O5/c1-3-4-5-8-14-9(2)12(18)15-10(13(19)20)6-7-11(16)17/h9-10,14H,3-8H2,1-2H3,(H,15,18)(H,16,17)(H,19,20)/t9-,10+/m0/s1. The Balaban J connectivity index is 4.16. The van der Waals surface area contributed by atoms with Gasteiger partial charge in [-0.15, -0.1) is 0 Å². The summed E-state index contributed by atoms with van der Waals surface area (Å²) in [7, 11) is 0. The van der Waals surface area contributed by atoms with Crippen LogP contribution in [0.4, 0.5) is 0 Å². The predicted molar refractivity (Wildman–Crippen MR) is 73.4 cm³/mol. The van der Waals surface area contributed by atoms with Crippen molar-refractivity contribution in [1.82, 2.24) is 10.6 Å². The van der Waals surface area contributed by atoms with Crippen molar-refractivity contribution >= 4 is 17.8 Å². The van der Waals surface area contributed by atoms with Gasteiger partial charge < -0.3 is 20.8 Å². The highest BCUT2D eigenvalue weighted by Crippen LogP contribution is 1.99. The van der Waals surface area contributed by atoms with Crippen LogP contribution in [0, 0.1) is 0 Å². The summed E-state index contributed by atoms with van der Waals surface area (Å²) in [5, 5.41) is 22.8. The first-order chi connectivity index (χ1) is 9.38. The molecule has 116 valence electrons. The summed E-state index contributed by atoms with van der Waals surface area (Å²) in [6, 6.07) is -1.67. The topological polar surface area (TPSA) is 116 Å².